The minimum absolute atomic E-state index is 0.147. The largest absolute Gasteiger partial charge is 0.491 e. The van der Waals surface area contributed by atoms with Crippen molar-refractivity contribution in [2.75, 3.05) is 49.5 Å². The van der Waals surface area contributed by atoms with Crippen LogP contribution in [0.4, 0.5) is 17.1 Å². The number of anilines is 2. The van der Waals surface area contributed by atoms with Gasteiger partial charge < -0.3 is 20.3 Å². The Morgan fingerprint density at radius 1 is 1.23 bits per heavy atom. The lowest BCUT2D eigenvalue weighted by atomic mass is 10.2. The highest BCUT2D eigenvalue weighted by Crippen LogP contribution is 2.31. The Hall–Kier alpha value is -2.80. The third-order valence-corrected chi connectivity index (χ3v) is 4.41. The number of ether oxygens (including phenoxy) is 1. The van der Waals surface area contributed by atoms with Crippen molar-refractivity contribution in [3.63, 3.8) is 0 Å². The van der Waals surface area contributed by atoms with Gasteiger partial charge in [-0.15, -0.1) is 0 Å². The number of para-hydroxylation sites is 1. The van der Waals surface area contributed by atoms with Gasteiger partial charge in [0.2, 0.25) is 0 Å². The molecule has 0 aliphatic carbocycles. The Labute approximate surface area is 153 Å². The molecule has 1 aliphatic heterocycles. The molecule has 7 heteroatoms. The second-order valence-electron chi connectivity index (χ2n) is 6.24. The Bertz CT molecular complexity index is 760. The van der Waals surface area contributed by atoms with Crippen LogP contribution in [0.1, 0.15) is 5.56 Å². The molecule has 1 aliphatic rings. The summed E-state index contributed by atoms with van der Waals surface area (Å²) in [5.74, 6) is 0.875. The van der Waals surface area contributed by atoms with Crippen molar-refractivity contribution in [3.05, 3.63) is 58.1 Å². The molecule has 7 nitrogen and oxygen atoms in total. The zero-order valence-corrected chi connectivity index (χ0v) is 14.9. The molecule has 0 aromatic heterocycles. The maximum Gasteiger partial charge on any atom is 0.292 e. The van der Waals surface area contributed by atoms with Crippen LogP contribution in [0.5, 0.6) is 5.75 Å². The van der Waals surface area contributed by atoms with E-state index in [0.29, 0.717) is 18.8 Å². The first-order valence-electron chi connectivity index (χ1n) is 8.81. The average molecular weight is 356 g/mol. The molecule has 0 amide bonds. The van der Waals surface area contributed by atoms with Crippen molar-refractivity contribution < 1.29 is 9.66 Å². The van der Waals surface area contributed by atoms with Crippen LogP contribution in [0.2, 0.25) is 0 Å². The number of nitrogens with zero attached hydrogens (tertiary/aromatic N) is 2. The maximum absolute atomic E-state index is 11.3. The number of rotatable bonds is 7. The van der Waals surface area contributed by atoms with E-state index in [9.17, 15) is 10.1 Å². The smallest absolute Gasteiger partial charge is 0.292 e. The number of hydrogen-bond donors (Lipinski definition) is 2. The molecule has 26 heavy (non-hydrogen) atoms. The summed E-state index contributed by atoms with van der Waals surface area (Å²) in [6.07, 6.45) is 0. The van der Waals surface area contributed by atoms with E-state index < -0.39 is 0 Å². The second-order valence-corrected chi connectivity index (χ2v) is 6.24. The number of piperazine rings is 1. The average Bonchev–Trinajstić information content (AvgIpc) is 2.67. The highest BCUT2D eigenvalue weighted by molar-refractivity contribution is 5.70. The van der Waals surface area contributed by atoms with Crippen molar-refractivity contribution in [1.82, 2.24) is 5.32 Å². The molecule has 0 unspecified atom stereocenters. The van der Waals surface area contributed by atoms with E-state index in [0.717, 1.165) is 43.2 Å². The van der Waals surface area contributed by atoms with Crippen LogP contribution in [0.3, 0.4) is 0 Å². The predicted octanol–water partition coefficient (Wildman–Crippen LogP) is 2.80. The number of nitro groups is 1. The zero-order valence-electron chi connectivity index (χ0n) is 14.9. The Balaban J connectivity index is 1.62. The molecule has 0 spiro atoms. The van der Waals surface area contributed by atoms with Crippen molar-refractivity contribution in [2.24, 2.45) is 0 Å². The van der Waals surface area contributed by atoms with Crippen molar-refractivity contribution in [2.45, 2.75) is 6.92 Å². The molecule has 1 saturated heterocycles. The highest BCUT2D eigenvalue weighted by Gasteiger charge is 2.21. The minimum Gasteiger partial charge on any atom is -0.491 e. The number of nitro benzene ring substituents is 1. The summed E-state index contributed by atoms with van der Waals surface area (Å²) >= 11 is 0. The first-order valence-corrected chi connectivity index (χ1v) is 8.81. The third-order valence-electron chi connectivity index (χ3n) is 4.41. The van der Waals surface area contributed by atoms with Gasteiger partial charge in [0, 0.05) is 44.5 Å². The van der Waals surface area contributed by atoms with Crippen molar-refractivity contribution >= 4 is 17.1 Å². The third kappa shape index (κ3) is 4.43. The summed E-state index contributed by atoms with van der Waals surface area (Å²) in [7, 11) is 0. The fourth-order valence-corrected chi connectivity index (χ4v) is 3.02. The summed E-state index contributed by atoms with van der Waals surface area (Å²) in [5, 5.41) is 17.9. The van der Waals surface area contributed by atoms with Gasteiger partial charge in [0.25, 0.3) is 5.69 Å². The normalized spacial score (nSPS) is 14.1. The highest BCUT2D eigenvalue weighted by atomic mass is 16.6. The van der Waals surface area contributed by atoms with E-state index in [1.807, 2.05) is 37.3 Å². The molecule has 0 radical (unpaired) electrons. The first-order chi connectivity index (χ1) is 12.6. The number of nitrogens with one attached hydrogen (secondary N) is 2. The standard InChI is InChI=1S/C19H24N4O3/c1-15-4-2-3-5-19(15)26-13-10-21-16-6-7-17(23(24)25)18(14-16)22-11-8-20-9-12-22/h2-7,14,20-21H,8-13H2,1H3. The van der Waals surface area contributed by atoms with E-state index >= 15 is 0 Å². The Morgan fingerprint density at radius 3 is 2.73 bits per heavy atom. The van der Waals surface area contributed by atoms with Gasteiger partial charge in [-0.3, -0.25) is 10.1 Å². The molecule has 138 valence electrons. The van der Waals surface area contributed by atoms with Crippen LogP contribution in [-0.4, -0.2) is 44.3 Å². The Morgan fingerprint density at radius 2 is 2.00 bits per heavy atom. The van der Waals surface area contributed by atoms with E-state index in [4.69, 9.17) is 4.74 Å². The van der Waals surface area contributed by atoms with Crippen LogP contribution in [0.15, 0.2) is 42.5 Å². The van der Waals surface area contributed by atoms with Crippen LogP contribution in [0.25, 0.3) is 0 Å². The summed E-state index contributed by atoms with van der Waals surface area (Å²) in [6, 6.07) is 13.1. The van der Waals surface area contributed by atoms with E-state index in [1.165, 1.54) is 0 Å². The maximum atomic E-state index is 11.3. The fraction of sp³-hybridized carbons (Fsp3) is 0.368. The number of aryl methyl sites for hydroxylation is 1. The van der Waals surface area contributed by atoms with E-state index in [-0.39, 0.29) is 10.6 Å². The van der Waals surface area contributed by atoms with Gasteiger partial charge in [0.15, 0.2) is 0 Å². The summed E-state index contributed by atoms with van der Waals surface area (Å²) < 4.78 is 5.78. The molecular weight excluding hydrogens is 332 g/mol. The minimum atomic E-state index is -0.317. The molecule has 3 rings (SSSR count). The van der Waals surface area contributed by atoms with Crippen molar-refractivity contribution in [3.8, 4) is 5.75 Å². The molecular formula is C19H24N4O3. The van der Waals surface area contributed by atoms with Crippen LogP contribution in [0, 0.1) is 17.0 Å². The molecule has 2 aromatic carbocycles. The monoisotopic (exact) mass is 356 g/mol. The van der Waals surface area contributed by atoms with E-state index in [2.05, 4.69) is 15.5 Å². The van der Waals surface area contributed by atoms with Crippen LogP contribution >= 0.6 is 0 Å². The summed E-state index contributed by atoms with van der Waals surface area (Å²) in [5.41, 5.74) is 2.77. The lowest BCUT2D eigenvalue weighted by Gasteiger charge is -2.29. The van der Waals surface area contributed by atoms with Gasteiger partial charge in [-0.1, -0.05) is 18.2 Å². The van der Waals surface area contributed by atoms with Gasteiger partial charge >= 0.3 is 0 Å². The molecule has 1 heterocycles. The zero-order chi connectivity index (χ0) is 18.4. The Kier molecular flexibility index (Phi) is 5.91. The van der Waals surface area contributed by atoms with Crippen LogP contribution in [-0.2, 0) is 0 Å². The van der Waals surface area contributed by atoms with Gasteiger partial charge in [-0.2, -0.15) is 0 Å². The fourth-order valence-electron chi connectivity index (χ4n) is 3.02. The first kappa shape index (κ1) is 18.0. The molecule has 0 saturated carbocycles. The summed E-state index contributed by atoms with van der Waals surface area (Å²) in [6.45, 7) is 6.34. The lowest BCUT2D eigenvalue weighted by molar-refractivity contribution is -0.384. The van der Waals surface area contributed by atoms with Gasteiger partial charge in [-0.25, -0.2) is 0 Å². The number of benzene rings is 2. The topological polar surface area (TPSA) is 79.7 Å². The summed E-state index contributed by atoms with van der Waals surface area (Å²) in [4.78, 5) is 13.1. The molecule has 0 bridgehead atoms. The number of hydrogen-bond acceptors (Lipinski definition) is 6. The molecule has 1 fully saturated rings. The van der Waals surface area contributed by atoms with Crippen LogP contribution < -0.4 is 20.3 Å². The lowest BCUT2D eigenvalue weighted by Crippen LogP contribution is -2.43. The van der Waals surface area contributed by atoms with Gasteiger partial charge in [-0.05, 0) is 30.7 Å². The predicted molar refractivity (Wildman–Crippen MR) is 103 cm³/mol. The molecule has 0 atom stereocenters. The molecule has 2 aromatic rings. The second kappa shape index (κ2) is 8.53. The van der Waals surface area contributed by atoms with E-state index in [1.54, 1.807) is 12.1 Å². The van der Waals surface area contributed by atoms with Gasteiger partial charge in [0.05, 0.1) is 4.92 Å². The van der Waals surface area contributed by atoms with Gasteiger partial charge in [0.1, 0.15) is 18.0 Å². The SMILES string of the molecule is Cc1ccccc1OCCNc1ccc([N+](=O)[O-])c(N2CCNCC2)c1. The quantitative estimate of drug-likeness (QED) is 0.451. The molecule has 2 N–H and O–H groups in total. The van der Waals surface area contributed by atoms with Crippen molar-refractivity contribution in [1.29, 1.82) is 0 Å².